The smallest absolute Gasteiger partial charge is 0.254 e. The first-order valence-electron chi connectivity index (χ1n) is 6.78. The SMILES string of the molecule is CCCc1cc(C(=O)N(CCC)CCO)cc(N)n1. The van der Waals surface area contributed by atoms with Crippen LogP contribution < -0.4 is 5.73 Å². The average molecular weight is 265 g/mol. The lowest BCUT2D eigenvalue weighted by Crippen LogP contribution is -2.34. The van der Waals surface area contributed by atoms with Gasteiger partial charge in [0.05, 0.1) is 6.61 Å². The van der Waals surface area contributed by atoms with Gasteiger partial charge in [0, 0.05) is 24.3 Å². The van der Waals surface area contributed by atoms with Crippen LogP contribution in [0.4, 0.5) is 5.82 Å². The van der Waals surface area contributed by atoms with Crippen molar-refractivity contribution >= 4 is 11.7 Å². The van der Waals surface area contributed by atoms with Gasteiger partial charge in [0.2, 0.25) is 0 Å². The number of aryl methyl sites for hydroxylation is 1. The van der Waals surface area contributed by atoms with E-state index in [0.717, 1.165) is 25.0 Å². The van der Waals surface area contributed by atoms with Crippen LogP contribution in [0.1, 0.15) is 42.7 Å². The van der Waals surface area contributed by atoms with E-state index in [0.29, 0.717) is 24.5 Å². The van der Waals surface area contributed by atoms with E-state index in [1.165, 1.54) is 0 Å². The number of pyridine rings is 1. The summed E-state index contributed by atoms with van der Waals surface area (Å²) in [5.41, 5.74) is 7.14. The molecule has 5 nitrogen and oxygen atoms in total. The molecule has 0 aliphatic heterocycles. The number of hydrogen-bond acceptors (Lipinski definition) is 4. The van der Waals surface area contributed by atoms with Crippen molar-refractivity contribution in [2.75, 3.05) is 25.4 Å². The number of nitrogens with two attached hydrogens (primary N) is 1. The van der Waals surface area contributed by atoms with Crippen LogP contribution in [-0.4, -0.2) is 40.6 Å². The Morgan fingerprint density at radius 3 is 2.63 bits per heavy atom. The lowest BCUT2D eigenvalue weighted by Gasteiger charge is -2.21. The summed E-state index contributed by atoms with van der Waals surface area (Å²) in [6, 6.07) is 3.39. The zero-order valence-corrected chi connectivity index (χ0v) is 11.7. The van der Waals surface area contributed by atoms with Crippen molar-refractivity contribution in [3.63, 3.8) is 0 Å². The molecule has 19 heavy (non-hydrogen) atoms. The molecule has 0 saturated carbocycles. The van der Waals surface area contributed by atoms with Gasteiger partial charge >= 0.3 is 0 Å². The molecule has 0 aliphatic rings. The summed E-state index contributed by atoms with van der Waals surface area (Å²) >= 11 is 0. The number of aromatic nitrogens is 1. The van der Waals surface area contributed by atoms with Crippen LogP contribution in [0.25, 0.3) is 0 Å². The molecule has 0 saturated heterocycles. The molecular formula is C14H23N3O2. The minimum absolute atomic E-state index is 0.0336. The molecule has 0 unspecified atom stereocenters. The van der Waals surface area contributed by atoms with Crippen molar-refractivity contribution in [1.29, 1.82) is 0 Å². The largest absolute Gasteiger partial charge is 0.395 e. The third kappa shape index (κ3) is 4.52. The molecule has 0 fully saturated rings. The number of nitrogens with zero attached hydrogens (tertiary/aromatic N) is 2. The number of aliphatic hydroxyl groups is 1. The Kier molecular flexibility index (Phi) is 6.29. The molecular weight excluding hydrogens is 242 g/mol. The summed E-state index contributed by atoms with van der Waals surface area (Å²) < 4.78 is 0. The molecule has 0 bridgehead atoms. The topological polar surface area (TPSA) is 79.5 Å². The summed E-state index contributed by atoms with van der Waals surface area (Å²) in [6.45, 7) is 5.00. The van der Waals surface area contributed by atoms with Crippen molar-refractivity contribution in [1.82, 2.24) is 9.88 Å². The van der Waals surface area contributed by atoms with Gasteiger partial charge < -0.3 is 15.7 Å². The number of rotatable bonds is 7. The van der Waals surface area contributed by atoms with Crippen LogP contribution >= 0.6 is 0 Å². The molecule has 5 heteroatoms. The number of anilines is 1. The van der Waals surface area contributed by atoms with E-state index in [4.69, 9.17) is 10.8 Å². The maximum atomic E-state index is 12.4. The first-order valence-corrected chi connectivity index (χ1v) is 6.78. The second-order valence-electron chi connectivity index (χ2n) is 4.54. The second-order valence-corrected chi connectivity index (χ2v) is 4.54. The van der Waals surface area contributed by atoms with Gasteiger partial charge in [-0.05, 0) is 25.0 Å². The zero-order chi connectivity index (χ0) is 14.3. The number of hydrogen-bond donors (Lipinski definition) is 2. The minimum atomic E-state index is -0.0950. The van der Waals surface area contributed by atoms with Gasteiger partial charge in [-0.25, -0.2) is 4.98 Å². The quantitative estimate of drug-likeness (QED) is 0.782. The van der Waals surface area contributed by atoms with E-state index in [1.807, 2.05) is 6.92 Å². The van der Waals surface area contributed by atoms with Crippen LogP contribution in [0, 0.1) is 0 Å². The molecule has 0 radical (unpaired) electrons. The van der Waals surface area contributed by atoms with Crippen molar-refractivity contribution in [2.45, 2.75) is 33.1 Å². The van der Waals surface area contributed by atoms with Gasteiger partial charge in [-0.1, -0.05) is 20.3 Å². The summed E-state index contributed by atoms with van der Waals surface area (Å²) in [4.78, 5) is 18.2. The lowest BCUT2D eigenvalue weighted by atomic mass is 10.1. The van der Waals surface area contributed by atoms with Crippen LogP contribution in [0.3, 0.4) is 0 Å². The Labute approximate surface area is 114 Å². The fourth-order valence-corrected chi connectivity index (χ4v) is 2.01. The number of aliphatic hydroxyl groups excluding tert-OH is 1. The molecule has 106 valence electrons. The standard InChI is InChI=1S/C14H23N3O2/c1-3-5-12-9-11(10-13(15)16-12)14(19)17(6-4-2)7-8-18/h9-10,18H,3-8H2,1-2H3,(H2,15,16). The second kappa shape index (κ2) is 7.74. The molecule has 1 aromatic rings. The van der Waals surface area contributed by atoms with Crippen molar-refractivity contribution in [3.8, 4) is 0 Å². The predicted molar refractivity (Wildman–Crippen MR) is 75.9 cm³/mol. The van der Waals surface area contributed by atoms with Gasteiger partial charge in [0.25, 0.3) is 5.91 Å². The third-order valence-corrected chi connectivity index (χ3v) is 2.80. The first kappa shape index (κ1) is 15.4. The molecule has 0 atom stereocenters. The average Bonchev–Trinajstić information content (AvgIpc) is 2.37. The number of nitrogen functional groups attached to an aromatic ring is 1. The maximum Gasteiger partial charge on any atom is 0.254 e. The Bertz CT molecular complexity index is 415. The molecule has 0 aliphatic carbocycles. The fraction of sp³-hybridized carbons (Fsp3) is 0.571. The van der Waals surface area contributed by atoms with Gasteiger partial charge in [0.1, 0.15) is 5.82 Å². The molecule has 1 aromatic heterocycles. The van der Waals surface area contributed by atoms with Gasteiger partial charge in [-0.2, -0.15) is 0 Å². The Balaban J connectivity index is 2.95. The molecule has 1 rings (SSSR count). The molecule has 0 spiro atoms. The van der Waals surface area contributed by atoms with E-state index in [1.54, 1.807) is 17.0 Å². The third-order valence-electron chi connectivity index (χ3n) is 2.80. The zero-order valence-electron chi connectivity index (χ0n) is 11.7. The summed E-state index contributed by atoms with van der Waals surface area (Å²) in [5, 5.41) is 9.02. The number of carbonyl (C=O) groups excluding carboxylic acids is 1. The van der Waals surface area contributed by atoms with E-state index < -0.39 is 0 Å². The van der Waals surface area contributed by atoms with Crippen LogP contribution in [0.2, 0.25) is 0 Å². The molecule has 0 aromatic carbocycles. The highest BCUT2D eigenvalue weighted by atomic mass is 16.3. The van der Waals surface area contributed by atoms with E-state index in [2.05, 4.69) is 11.9 Å². The van der Waals surface area contributed by atoms with E-state index >= 15 is 0 Å². The lowest BCUT2D eigenvalue weighted by molar-refractivity contribution is 0.0722. The van der Waals surface area contributed by atoms with Crippen LogP contribution in [0.5, 0.6) is 0 Å². The monoisotopic (exact) mass is 265 g/mol. The Morgan fingerprint density at radius 2 is 2.05 bits per heavy atom. The first-order chi connectivity index (χ1) is 9.12. The predicted octanol–water partition coefficient (Wildman–Crippen LogP) is 1.46. The fourth-order valence-electron chi connectivity index (χ4n) is 2.01. The van der Waals surface area contributed by atoms with Gasteiger partial charge in [-0.15, -0.1) is 0 Å². The van der Waals surface area contributed by atoms with E-state index in [9.17, 15) is 4.79 Å². The summed E-state index contributed by atoms with van der Waals surface area (Å²) in [7, 11) is 0. The highest BCUT2D eigenvalue weighted by Crippen LogP contribution is 2.12. The Morgan fingerprint density at radius 1 is 1.32 bits per heavy atom. The van der Waals surface area contributed by atoms with E-state index in [-0.39, 0.29) is 12.5 Å². The van der Waals surface area contributed by atoms with Crippen molar-refractivity contribution in [2.24, 2.45) is 0 Å². The highest BCUT2D eigenvalue weighted by molar-refractivity contribution is 5.95. The highest BCUT2D eigenvalue weighted by Gasteiger charge is 2.16. The Hall–Kier alpha value is -1.62. The number of carbonyl (C=O) groups is 1. The molecule has 1 amide bonds. The van der Waals surface area contributed by atoms with Crippen molar-refractivity contribution in [3.05, 3.63) is 23.4 Å². The van der Waals surface area contributed by atoms with Crippen molar-refractivity contribution < 1.29 is 9.90 Å². The number of amides is 1. The summed E-state index contributed by atoms with van der Waals surface area (Å²) in [6.07, 6.45) is 2.62. The maximum absolute atomic E-state index is 12.4. The van der Waals surface area contributed by atoms with Gasteiger partial charge in [0.15, 0.2) is 0 Å². The molecule has 1 heterocycles. The van der Waals surface area contributed by atoms with Crippen LogP contribution in [0.15, 0.2) is 12.1 Å². The minimum Gasteiger partial charge on any atom is -0.395 e. The summed E-state index contributed by atoms with van der Waals surface area (Å²) in [5.74, 6) is 0.275. The van der Waals surface area contributed by atoms with Gasteiger partial charge in [-0.3, -0.25) is 4.79 Å². The van der Waals surface area contributed by atoms with Crippen LogP contribution in [-0.2, 0) is 6.42 Å². The molecule has 3 N–H and O–H groups in total. The normalized spacial score (nSPS) is 10.5.